The van der Waals surface area contributed by atoms with Crippen LogP contribution in [-0.4, -0.2) is 41.0 Å². The molecular formula is C33H63O8P. The Balaban J connectivity index is 3.93. The van der Waals surface area contributed by atoms with Crippen LogP contribution in [0.25, 0.3) is 0 Å². The van der Waals surface area contributed by atoms with E-state index in [0.717, 1.165) is 44.9 Å². The lowest BCUT2D eigenvalue weighted by molar-refractivity contribution is -0.161. The van der Waals surface area contributed by atoms with E-state index in [1.54, 1.807) is 0 Å². The molecule has 0 saturated carbocycles. The van der Waals surface area contributed by atoms with Gasteiger partial charge in [-0.05, 0) is 25.7 Å². The van der Waals surface area contributed by atoms with E-state index in [1.165, 1.54) is 96.3 Å². The number of carbonyl (C=O) groups is 2. The second-order valence-corrected chi connectivity index (χ2v) is 12.8. The van der Waals surface area contributed by atoms with Crippen molar-refractivity contribution in [3.63, 3.8) is 0 Å². The van der Waals surface area contributed by atoms with Gasteiger partial charge in [0.25, 0.3) is 0 Å². The molecule has 0 spiro atoms. The first-order valence-electron chi connectivity index (χ1n) is 16.9. The van der Waals surface area contributed by atoms with Crippen molar-refractivity contribution in [2.45, 2.75) is 174 Å². The molecule has 0 bridgehead atoms. The lowest BCUT2D eigenvalue weighted by atomic mass is 10.0. The molecule has 0 aliphatic rings. The zero-order valence-corrected chi connectivity index (χ0v) is 27.6. The monoisotopic (exact) mass is 618 g/mol. The quantitative estimate of drug-likeness (QED) is 0.0331. The summed E-state index contributed by atoms with van der Waals surface area (Å²) in [6.45, 7) is 5.15. The molecule has 0 radical (unpaired) electrons. The van der Waals surface area contributed by atoms with E-state index in [-0.39, 0.29) is 19.4 Å². The maximum Gasteiger partial charge on any atom is 0.469 e. The van der Waals surface area contributed by atoms with E-state index in [2.05, 4.69) is 18.0 Å². The second kappa shape index (κ2) is 29.8. The summed E-state index contributed by atoms with van der Waals surface area (Å²) in [6.07, 6.45) is 28.4. The Morgan fingerprint density at radius 2 is 1.05 bits per heavy atom. The van der Waals surface area contributed by atoms with Gasteiger partial charge in [-0.3, -0.25) is 14.1 Å². The van der Waals surface area contributed by atoms with Crippen LogP contribution in [0.3, 0.4) is 0 Å². The van der Waals surface area contributed by atoms with Gasteiger partial charge in [0.2, 0.25) is 0 Å². The minimum absolute atomic E-state index is 0.215. The number of unbranched alkanes of at least 4 members (excludes halogenated alkanes) is 21. The molecule has 1 atom stereocenters. The molecule has 0 aliphatic carbocycles. The van der Waals surface area contributed by atoms with Crippen LogP contribution in [0.4, 0.5) is 0 Å². The van der Waals surface area contributed by atoms with Gasteiger partial charge in [0.1, 0.15) is 6.61 Å². The lowest BCUT2D eigenvalue weighted by Gasteiger charge is -2.18. The molecule has 0 saturated heterocycles. The van der Waals surface area contributed by atoms with Gasteiger partial charge in [-0.15, -0.1) is 6.58 Å². The fourth-order valence-corrected chi connectivity index (χ4v) is 5.24. The molecule has 248 valence electrons. The molecule has 0 amide bonds. The fourth-order valence-electron chi connectivity index (χ4n) is 4.88. The van der Waals surface area contributed by atoms with Crippen LogP contribution in [0.2, 0.25) is 0 Å². The van der Waals surface area contributed by atoms with Crippen molar-refractivity contribution < 1.29 is 37.9 Å². The van der Waals surface area contributed by atoms with Gasteiger partial charge >= 0.3 is 19.8 Å². The Morgan fingerprint density at radius 3 is 1.48 bits per heavy atom. The summed E-state index contributed by atoms with van der Waals surface area (Å²) in [5.74, 6) is -0.886. The minimum Gasteiger partial charge on any atom is -0.462 e. The van der Waals surface area contributed by atoms with Crippen molar-refractivity contribution in [3.8, 4) is 0 Å². The van der Waals surface area contributed by atoms with Crippen molar-refractivity contribution in [2.75, 3.05) is 13.2 Å². The molecule has 0 aromatic heterocycles. The highest BCUT2D eigenvalue weighted by atomic mass is 31.2. The normalized spacial score (nSPS) is 12.3. The largest absolute Gasteiger partial charge is 0.469 e. The molecule has 42 heavy (non-hydrogen) atoms. The number of esters is 2. The maximum absolute atomic E-state index is 12.2. The average molecular weight is 619 g/mol. The summed E-state index contributed by atoms with van der Waals surface area (Å²) >= 11 is 0. The number of hydrogen-bond donors (Lipinski definition) is 2. The molecule has 0 aromatic rings. The summed E-state index contributed by atoms with van der Waals surface area (Å²) < 4.78 is 26.2. The van der Waals surface area contributed by atoms with Crippen LogP contribution < -0.4 is 0 Å². The average Bonchev–Trinajstić information content (AvgIpc) is 2.95. The third-order valence-corrected chi connectivity index (χ3v) is 7.92. The molecule has 2 N–H and O–H groups in total. The van der Waals surface area contributed by atoms with Gasteiger partial charge in [0, 0.05) is 12.8 Å². The van der Waals surface area contributed by atoms with E-state index < -0.39 is 32.5 Å². The molecule has 0 fully saturated rings. The Bertz CT molecular complexity index is 694. The van der Waals surface area contributed by atoms with Crippen LogP contribution >= 0.6 is 7.82 Å². The van der Waals surface area contributed by atoms with Crippen LogP contribution in [-0.2, 0) is 28.2 Å². The van der Waals surface area contributed by atoms with Gasteiger partial charge in [-0.2, -0.15) is 0 Å². The van der Waals surface area contributed by atoms with E-state index in [1.807, 2.05) is 6.08 Å². The SMILES string of the molecule is C=CCCCCCCCCCCCCCCCC(=O)OC[C@H](COP(=O)(O)O)OC(=O)CCCCCCCCCCC. The first-order valence-corrected chi connectivity index (χ1v) is 18.5. The Hall–Kier alpha value is -1.21. The molecule has 0 rings (SSSR count). The predicted octanol–water partition coefficient (Wildman–Crippen LogP) is 9.51. The molecule has 8 nitrogen and oxygen atoms in total. The van der Waals surface area contributed by atoms with Gasteiger partial charge in [0.05, 0.1) is 6.61 Å². The zero-order valence-electron chi connectivity index (χ0n) is 26.7. The topological polar surface area (TPSA) is 119 Å². The van der Waals surface area contributed by atoms with E-state index in [0.29, 0.717) is 6.42 Å². The summed E-state index contributed by atoms with van der Waals surface area (Å²) in [4.78, 5) is 42.4. The Morgan fingerprint density at radius 1 is 0.643 bits per heavy atom. The second-order valence-electron chi connectivity index (χ2n) is 11.6. The summed E-state index contributed by atoms with van der Waals surface area (Å²) in [7, 11) is -4.74. The summed E-state index contributed by atoms with van der Waals surface area (Å²) in [5, 5.41) is 0. The zero-order chi connectivity index (χ0) is 31.2. The number of hydrogen-bond acceptors (Lipinski definition) is 6. The minimum atomic E-state index is -4.74. The summed E-state index contributed by atoms with van der Waals surface area (Å²) in [5.41, 5.74) is 0. The van der Waals surface area contributed by atoms with Gasteiger partial charge in [-0.1, -0.05) is 135 Å². The van der Waals surface area contributed by atoms with Crippen LogP contribution in [0.5, 0.6) is 0 Å². The van der Waals surface area contributed by atoms with Crippen LogP contribution in [0.15, 0.2) is 12.7 Å². The number of carbonyl (C=O) groups excluding carboxylic acids is 2. The number of phosphoric acid groups is 1. The highest BCUT2D eigenvalue weighted by Crippen LogP contribution is 2.36. The van der Waals surface area contributed by atoms with Gasteiger partial charge in [0.15, 0.2) is 6.10 Å². The Kier molecular flexibility index (Phi) is 29.0. The van der Waals surface area contributed by atoms with E-state index in [4.69, 9.17) is 19.3 Å². The lowest BCUT2D eigenvalue weighted by Crippen LogP contribution is -2.29. The summed E-state index contributed by atoms with van der Waals surface area (Å²) in [6, 6.07) is 0. The third kappa shape index (κ3) is 31.7. The van der Waals surface area contributed by atoms with E-state index in [9.17, 15) is 14.2 Å². The van der Waals surface area contributed by atoms with Crippen LogP contribution in [0.1, 0.15) is 167 Å². The van der Waals surface area contributed by atoms with E-state index >= 15 is 0 Å². The number of ether oxygens (including phenoxy) is 2. The van der Waals surface area contributed by atoms with Gasteiger partial charge in [-0.25, -0.2) is 4.57 Å². The predicted molar refractivity (Wildman–Crippen MR) is 170 cm³/mol. The molecule has 0 heterocycles. The smallest absolute Gasteiger partial charge is 0.462 e. The fraction of sp³-hybridized carbons (Fsp3) is 0.879. The first-order chi connectivity index (χ1) is 20.3. The molecule has 0 unspecified atom stereocenters. The molecule has 9 heteroatoms. The van der Waals surface area contributed by atoms with Crippen molar-refractivity contribution in [2.24, 2.45) is 0 Å². The molecule has 0 aromatic carbocycles. The molecule has 0 aliphatic heterocycles. The van der Waals surface area contributed by atoms with Gasteiger partial charge < -0.3 is 19.3 Å². The van der Waals surface area contributed by atoms with Crippen molar-refractivity contribution >= 4 is 19.8 Å². The Labute approximate surface area is 257 Å². The number of rotatable bonds is 32. The van der Waals surface area contributed by atoms with Crippen molar-refractivity contribution in [1.82, 2.24) is 0 Å². The number of phosphoric ester groups is 1. The maximum atomic E-state index is 12.2. The van der Waals surface area contributed by atoms with Crippen molar-refractivity contribution in [3.05, 3.63) is 12.7 Å². The standard InChI is InChI=1S/C33H63O8P/c1-3-5-7-9-11-13-14-15-16-17-18-20-21-23-25-27-32(34)39-29-31(30-40-42(36,37)38)41-33(35)28-26-24-22-19-12-10-8-6-4-2/h3,31H,1,4-30H2,2H3,(H2,36,37,38)/t31-/m1/s1. The van der Waals surface area contributed by atoms with Crippen molar-refractivity contribution in [1.29, 1.82) is 0 Å². The van der Waals surface area contributed by atoms with Crippen LogP contribution in [0, 0.1) is 0 Å². The first kappa shape index (κ1) is 40.8. The number of allylic oxidation sites excluding steroid dienone is 1. The molecular weight excluding hydrogens is 555 g/mol. The highest BCUT2D eigenvalue weighted by molar-refractivity contribution is 7.46. The third-order valence-electron chi connectivity index (χ3n) is 7.43. The highest BCUT2D eigenvalue weighted by Gasteiger charge is 2.22.